The molecule has 28 heavy (non-hydrogen) atoms. The minimum atomic E-state index is -4.54. The number of rotatable bonds is 4. The van der Waals surface area contributed by atoms with Crippen molar-refractivity contribution in [2.45, 2.75) is 37.4 Å². The van der Waals surface area contributed by atoms with Gasteiger partial charge in [0.15, 0.2) is 5.78 Å². The Bertz CT molecular complexity index is 879. The summed E-state index contributed by atoms with van der Waals surface area (Å²) in [5.41, 5.74) is -1.27. The maximum atomic E-state index is 12.9. The molecule has 0 saturated carbocycles. The van der Waals surface area contributed by atoms with Crippen molar-refractivity contribution < 1.29 is 27.5 Å². The fraction of sp³-hybridized carbons (Fsp3) is 0.316. The van der Waals surface area contributed by atoms with E-state index < -0.39 is 34.0 Å². The number of nitrogens with zero attached hydrogens (tertiary/aromatic N) is 1. The van der Waals surface area contributed by atoms with E-state index in [0.717, 1.165) is 12.1 Å². The number of halogens is 4. The maximum Gasteiger partial charge on any atom is 0.416 e. The third-order valence-electron chi connectivity index (χ3n) is 3.41. The molecule has 1 atom stereocenters. The van der Waals surface area contributed by atoms with Crippen LogP contribution in [-0.4, -0.2) is 22.5 Å². The number of nitrogens with one attached hydrogen (secondary N) is 1. The zero-order valence-corrected chi connectivity index (χ0v) is 16.9. The first-order chi connectivity index (χ1) is 12.9. The van der Waals surface area contributed by atoms with Crippen LogP contribution in [0.5, 0.6) is 0 Å². The number of alkyl halides is 4. The molecule has 1 aromatic carbocycles. The van der Waals surface area contributed by atoms with Gasteiger partial charge in [-0.15, -0.1) is 0 Å². The monoisotopic (exact) mass is 458 g/mol. The van der Waals surface area contributed by atoms with Gasteiger partial charge < -0.3 is 4.74 Å². The Morgan fingerprint density at radius 2 is 1.82 bits per heavy atom. The molecule has 0 aliphatic carbocycles. The largest absolute Gasteiger partial charge is 0.444 e. The number of benzene rings is 1. The quantitative estimate of drug-likeness (QED) is 0.466. The Morgan fingerprint density at radius 1 is 1.14 bits per heavy atom. The van der Waals surface area contributed by atoms with Crippen molar-refractivity contribution >= 4 is 33.6 Å². The number of ketones is 1. The van der Waals surface area contributed by atoms with Gasteiger partial charge in [0.05, 0.1) is 5.56 Å². The van der Waals surface area contributed by atoms with Crippen molar-refractivity contribution in [3.05, 3.63) is 59.3 Å². The molecule has 2 aromatic rings. The number of hydrogen-bond acceptors (Lipinski definition) is 4. The van der Waals surface area contributed by atoms with E-state index in [2.05, 4.69) is 26.2 Å². The van der Waals surface area contributed by atoms with Crippen LogP contribution in [0.3, 0.4) is 0 Å². The molecule has 2 rings (SSSR count). The number of Topliss-reactive ketones (excluding diaryl/α,β-unsaturated/α-hetero) is 1. The van der Waals surface area contributed by atoms with Gasteiger partial charge in [0.1, 0.15) is 16.2 Å². The van der Waals surface area contributed by atoms with Crippen molar-refractivity contribution in [2.24, 2.45) is 0 Å². The molecule has 0 spiro atoms. The highest BCUT2D eigenvalue weighted by Gasteiger charge is 2.31. The second-order valence-electron chi connectivity index (χ2n) is 6.91. The van der Waals surface area contributed by atoms with E-state index in [0.29, 0.717) is 5.56 Å². The van der Waals surface area contributed by atoms with Gasteiger partial charge in [-0.05, 0) is 50.6 Å². The average Bonchev–Trinajstić information content (AvgIpc) is 2.58. The number of carbonyl (C=O) groups is 2. The molecule has 150 valence electrons. The smallest absolute Gasteiger partial charge is 0.416 e. The number of hydrogen-bond donors (Lipinski definition) is 1. The topological polar surface area (TPSA) is 68.3 Å². The Labute approximate surface area is 168 Å². The minimum absolute atomic E-state index is 0.0878. The van der Waals surface area contributed by atoms with Gasteiger partial charge in [-0.3, -0.25) is 10.1 Å². The van der Waals surface area contributed by atoms with E-state index in [4.69, 9.17) is 4.74 Å². The first kappa shape index (κ1) is 21.9. The van der Waals surface area contributed by atoms with Gasteiger partial charge in [0, 0.05) is 11.8 Å². The highest BCUT2D eigenvalue weighted by atomic mass is 79.9. The van der Waals surface area contributed by atoms with Crippen LogP contribution in [0.1, 0.15) is 47.1 Å². The van der Waals surface area contributed by atoms with E-state index in [1.54, 1.807) is 20.8 Å². The lowest BCUT2D eigenvalue weighted by atomic mass is 10.0. The lowest BCUT2D eigenvalue weighted by Gasteiger charge is -2.19. The number of carbonyl (C=O) groups excluding carboxylic acids is 2. The first-order valence-electron chi connectivity index (χ1n) is 8.18. The van der Waals surface area contributed by atoms with Gasteiger partial charge >= 0.3 is 12.3 Å². The summed E-state index contributed by atoms with van der Waals surface area (Å²) >= 11 is 3.21. The van der Waals surface area contributed by atoms with Crippen molar-refractivity contribution in [3.63, 3.8) is 0 Å². The van der Waals surface area contributed by atoms with Crippen molar-refractivity contribution in [1.82, 2.24) is 4.98 Å². The fourth-order valence-electron chi connectivity index (χ4n) is 2.23. The van der Waals surface area contributed by atoms with E-state index in [1.807, 2.05) is 0 Å². The molecule has 0 radical (unpaired) electrons. The molecular formula is C19H18BrF3N2O3. The maximum absolute atomic E-state index is 12.9. The minimum Gasteiger partial charge on any atom is -0.444 e. The molecule has 0 aliphatic heterocycles. The standard InChI is InChI=1S/C19H18BrF3N2O3/c1-18(2,3)28-17(27)25-14-10-11(7-8-24-14)15(20)16(26)12-5-4-6-13(9-12)19(21,22)23/h4-10,15H,1-3H3,(H,24,25,27). The molecule has 0 bridgehead atoms. The van der Waals surface area contributed by atoms with Crippen LogP contribution in [0.4, 0.5) is 23.8 Å². The second-order valence-corrected chi connectivity index (χ2v) is 7.82. The van der Waals surface area contributed by atoms with Crippen LogP contribution < -0.4 is 5.32 Å². The molecule has 1 N–H and O–H groups in total. The summed E-state index contributed by atoms with van der Waals surface area (Å²) in [5.74, 6) is -0.409. The van der Waals surface area contributed by atoms with Gasteiger partial charge in [0.25, 0.3) is 0 Å². The van der Waals surface area contributed by atoms with Crippen LogP contribution in [0, 0.1) is 0 Å². The van der Waals surface area contributed by atoms with Crippen molar-refractivity contribution in [3.8, 4) is 0 Å². The van der Waals surface area contributed by atoms with Crippen molar-refractivity contribution in [2.75, 3.05) is 5.32 Å². The summed E-state index contributed by atoms with van der Waals surface area (Å²) < 4.78 is 43.7. The number of anilines is 1. The molecule has 1 unspecified atom stereocenters. The molecule has 1 amide bonds. The van der Waals surface area contributed by atoms with Gasteiger partial charge in [-0.25, -0.2) is 9.78 Å². The van der Waals surface area contributed by atoms with Gasteiger partial charge in [0.2, 0.25) is 0 Å². The SMILES string of the molecule is CC(C)(C)OC(=O)Nc1cc(C(Br)C(=O)c2cccc(C(F)(F)F)c2)ccn1. The van der Waals surface area contributed by atoms with E-state index in [9.17, 15) is 22.8 Å². The molecule has 0 saturated heterocycles. The number of ether oxygens (including phenoxy) is 1. The van der Waals surface area contributed by atoms with Crippen molar-refractivity contribution in [1.29, 1.82) is 0 Å². The summed E-state index contributed by atoms with van der Waals surface area (Å²) in [7, 11) is 0. The summed E-state index contributed by atoms with van der Waals surface area (Å²) in [6.07, 6.45) is -3.89. The van der Waals surface area contributed by atoms with Gasteiger partial charge in [-0.2, -0.15) is 13.2 Å². The molecular weight excluding hydrogens is 441 g/mol. The first-order valence-corrected chi connectivity index (χ1v) is 9.10. The highest BCUT2D eigenvalue weighted by molar-refractivity contribution is 9.09. The predicted octanol–water partition coefficient (Wildman–Crippen LogP) is 5.77. The Kier molecular flexibility index (Phi) is 6.48. The number of aromatic nitrogens is 1. The molecule has 0 aliphatic rings. The fourth-order valence-corrected chi connectivity index (χ4v) is 2.78. The third kappa shape index (κ3) is 6.05. The highest BCUT2D eigenvalue weighted by Crippen LogP contribution is 2.32. The van der Waals surface area contributed by atoms with Crippen LogP contribution >= 0.6 is 15.9 Å². The predicted molar refractivity (Wildman–Crippen MR) is 102 cm³/mol. The third-order valence-corrected chi connectivity index (χ3v) is 4.35. The van der Waals surface area contributed by atoms with Crippen LogP contribution in [-0.2, 0) is 10.9 Å². The zero-order chi connectivity index (χ0) is 21.1. The Hall–Kier alpha value is -2.42. The molecule has 5 nitrogen and oxygen atoms in total. The lowest BCUT2D eigenvalue weighted by Crippen LogP contribution is -2.27. The van der Waals surface area contributed by atoms with E-state index in [1.165, 1.54) is 30.5 Å². The normalized spacial score (nSPS) is 13.0. The number of pyridine rings is 1. The average molecular weight is 459 g/mol. The van der Waals surface area contributed by atoms with Crippen LogP contribution in [0.2, 0.25) is 0 Å². The molecule has 9 heteroatoms. The molecule has 0 fully saturated rings. The summed E-state index contributed by atoms with van der Waals surface area (Å²) in [6, 6.07) is 7.15. The van der Waals surface area contributed by atoms with E-state index >= 15 is 0 Å². The second kappa shape index (κ2) is 8.30. The summed E-state index contributed by atoms with van der Waals surface area (Å²) in [6.45, 7) is 5.12. The molecule has 1 aromatic heterocycles. The van der Waals surface area contributed by atoms with Crippen LogP contribution in [0.25, 0.3) is 0 Å². The zero-order valence-electron chi connectivity index (χ0n) is 15.3. The van der Waals surface area contributed by atoms with Crippen LogP contribution in [0.15, 0.2) is 42.6 Å². The summed E-state index contributed by atoms with van der Waals surface area (Å²) in [5, 5.41) is 2.45. The molecule has 1 heterocycles. The van der Waals surface area contributed by atoms with E-state index in [-0.39, 0.29) is 11.4 Å². The van der Waals surface area contributed by atoms with Gasteiger partial charge in [-0.1, -0.05) is 28.1 Å². The summed E-state index contributed by atoms with van der Waals surface area (Å²) in [4.78, 5) is 27.5. The lowest BCUT2D eigenvalue weighted by molar-refractivity contribution is -0.137. The number of amides is 1. The Morgan fingerprint density at radius 3 is 2.43 bits per heavy atom. The Balaban J connectivity index is 2.19.